The third kappa shape index (κ3) is 4.43. The molecule has 2 aromatic carbocycles. The van der Waals surface area contributed by atoms with Crippen LogP contribution in [0.4, 0.5) is 0 Å². The zero-order valence-corrected chi connectivity index (χ0v) is 12.7. The van der Waals surface area contributed by atoms with E-state index in [0.717, 1.165) is 16.7 Å². The van der Waals surface area contributed by atoms with Crippen LogP contribution in [0.1, 0.15) is 22.3 Å². The molecule has 0 atom stereocenters. The second kappa shape index (κ2) is 7.04. The molecule has 3 nitrogen and oxygen atoms in total. The Morgan fingerprint density at radius 3 is 2.43 bits per heavy atom. The molecular weight excluding hydrogens is 260 g/mol. The summed E-state index contributed by atoms with van der Waals surface area (Å²) in [5.74, 6) is 0.124. The number of carbonyl (C=O) groups excluding carboxylic acids is 1. The van der Waals surface area contributed by atoms with Gasteiger partial charge in [0.05, 0.1) is 6.42 Å². The molecule has 0 radical (unpaired) electrons. The van der Waals surface area contributed by atoms with Crippen LogP contribution >= 0.6 is 0 Å². The summed E-state index contributed by atoms with van der Waals surface area (Å²) in [4.78, 5) is 14.0. The molecule has 21 heavy (non-hydrogen) atoms. The number of benzene rings is 2. The third-order valence-corrected chi connectivity index (χ3v) is 3.51. The highest BCUT2D eigenvalue weighted by molar-refractivity contribution is 5.78. The number of carbonyl (C=O) groups is 1. The highest BCUT2D eigenvalue weighted by Gasteiger charge is 2.10. The number of amides is 1. The average molecular weight is 282 g/mol. The lowest BCUT2D eigenvalue weighted by atomic mass is 10.1. The molecule has 2 aromatic rings. The summed E-state index contributed by atoms with van der Waals surface area (Å²) in [5.41, 5.74) is 10.1. The van der Waals surface area contributed by atoms with Crippen molar-refractivity contribution in [2.75, 3.05) is 7.05 Å². The van der Waals surface area contributed by atoms with Crippen LogP contribution in [0.3, 0.4) is 0 Å². The second-order valence-corrected chi connectivity index (χ2v) is 5.44. The first kappa shape index (κ1) is 15.3. The molecule has 0 aliphatic rings. The summed E-state index contributed by atoms with van der Waals surface area (Å²) < 4.78 is 0. The van der Waals surface area contributed by atoms with Gasteiger partial charge in [0.1, 0.15) is 0 Å². The molecule has 0 heterocycles. The van der Waals surface area contributed by atoms with Crippen molar-refractivity contribution < 1.29 is 4.79 Å². The number of nitrogens with two attached hydrogens (primary N) is 1. The van der Waals surface area contributed by atoms with Crippen LogP contribution in [0.5, 0.6) is 0 Å². The van der Waals surface area contributed by atoms with Crippen molar-refractivity contribution in [3.05, 3.63) is 70.8 Å². The predicted octanol–water partition coefficient (Wildman–Crippen LogP) is 2.65. The highest BCUT2D eigenvalue weighted by atomic mass is 16.2. The van der Waals surface area contributed by atoms with Crippen molar-refractivity contribution in [1.29, 1.82) is 0 Å². The second-order valence-electron chi connectivity index (χ2n) is 5.44. The maximum Gasteiger partial charge on any atom is 0.227 e. The molecule has 0 saturated heterocycles. The normalized spacial score (nSPS) is 10.4. The SMILES string of the molecule is Cc1cccc(CC(=O)N(C)Cc2cccc(CN)c2)c1. The van der Waals surface area contributed by atoms with Gasteiger partial charge in [0.15, 0.2) is 0 Å². The lowest BCUT2D eigenvalue weighted by Crippen LogP contribution is -2.27. The lowest BCUT2D eigenvalue weighted by Gasteiger charge is -2.18. The molecule has 0 fully saturated rings. The van der Waals surface area contributed by atoms with E-state index in [1.54, 1.807) is 4.90 Å². The van der Waals surface area contributed by atoms with Gasteiger partial charge in [0.2, 0.25) is 5.91 Å². The van der Waals surface area contributed by atoms with E-state index in [4.69, 9.17) is 5.73 Å². The molecule has 0 aliphatic carbocycles. The molecule has 0 saturated carbocycles. The molecule has 2 N–H and O–H groups in total. The van der Waals surface area contributed by atoms with Gasteiger partial charge in [0, 0.05) is 20.1 Å². The Labute approximate surface area is 126 Å². The quantitative estimate of drug-likeness (QED) is 0.916. The number of nitrogens with zero attached hydrogens (tertiary/aromatic N) is 1. The molecule has 0 aromatic heterocycles. The van der Waals surface area contributed by atoms with Crippen molar-refractivity contribution in [2.24, 2.45) is 5.73 Å². The van der Waals surface area contributed by atoms with E-state index in [0.29, 0.717) is 19.5 Å². The summed E-state index contributed by atoms with van der Waals surface area (Å²) >= 11 is 0. The van der Waals surface area contributed by atoms with E-state index in [1.165, 1.54) is 5.56 Å². The number of aryl methyl sites for hydroxylation is 1. The number of rotatable bonds is 5. The van der Waals surface area contributed by atoms with Gasteiger partial charge in [-0.3, -0.25) is 4.79 Å². The van der Waals surface area contributed by atoms with Gasteiger partial charge >= 0.3 is 0 Å². The van der Waals surface area contributed by atoms with Gasteiger partial charge in [-0.2, -0.15) is 0 Å². The molecular formula is C18H22N2O. The van der Waals surface area contributed by atoms with E-state index in [9.17, 15) is 4.79 Å². The molecule has 110 valence electrons. The molecule has 0 aliphatic heterocycles. The fourth-order valence-electron chi connectivity index (χ4n) is 2.35. The summed E-state index contributed by atoms with van der Waals surface area (Å²) in [7, 11) is 1.84. The van der Waals surface area contributed by atoms with Crippen molar-refractivity contribution in [1.82, 2.24) is 4.90 Å². The van der Waals surface area contributed by atoms with Crippen LogP contribution in [0.2, 0.25) is 0 Å². The average Bonchev–Trinajstić information content (AvgIpc) is 2.47. The van der Waals surface area contributed by atoms with Crippen LogP contribution in [0.25, 0.3) is 0 Å². The Hall–Kier alpha value is -2.13. The zero-order valence-electron chi connectivity index (χ0n) is 12.7. The Balaban J connectivity index is 1.99. The van der Waals surface area contributed by atoms with E-state index in [1.807, 2.05) is 50.4 Å². The maximum atomic E-state index is 12.3. The largest absolute Gasteiger partial charge is 0.341 e. The van der Waals surface area contributed by atoms with Gasteiger partial charge < -0.3 is 10.6 Å². The Morgan fingerprint density at radius 1 is 1.05 bits per heavy atom. The monoisotopic (exact) mass is 282 g/mol. The highest BCUT2D eigenvalue weighted by Crippen LogP contribution is 2.10. The Bertz CT molecular complexity index is 622. The number of hydrogen-bond acceptors (Lipinski definition) is 2. The van der Waals surface area contributed by atoms with Crippen molar-refractivity contribution >= 4 is 5.91 Å². The smallest absolute Gasteiger partial charge is 0.227 e. The summed E-state index contributed by atoms with van der Waals surface area (Å²) in [6.07, 6.45) is 0.439. The molecule has 2 rings (SSSR count). The standard InChI is InChI=1S/C18H22N2O/c1-14-5-3-6-15(9-14)11-18(21)20(2)13-17-8-4-7-16(10-17)12-19/h3-10H,11-13,19H2,1-2H3. The van der Waals surface area contributed by atoms with Gasteiger partial charge in [-0.25, -0.2) is 0 Å². The molecule has 0 unspecified atom stereocenters. The third-order valence-electron chi connectivity index (χ3n) is 3.51. The van der Waals surface area contributed by atoms with E-state index < -0.39 is 0 Å². The fourth-order valence-corrected chi connectivity index (χ4v) is 2.35. The minimum atomic E-state index is 0.124. The Kier molecular flexibility index (Phi) is 5.12. The predicted molar refractivity (Wildman–Crippen MR) is 85.7 cm³/mol. The van der Waals surface area contributed by atoms with Crippen LogP contribution in [0, 0.1) is 6.92 Å². The van der Waals surface area contributed by atoms with Gasteiger partial charge in [-0.05, 0) is 23.6 Å². The molecule has 3 heteroatoms. The zero-order chi connectivity index (χ0) is 15.2. The van der Waals surface area contributed by atoms with Crippen molar-refractivity contribution in [3.63, 3.8) is 0 Å². The molecule has 1 amide bonds. The fraction of sp³-hybridized carbons (Fsp3) is 0.278. The van der Waals surface area contributed by atoms with Crippen LogP contribution in [-0.2, 0) is 24.3 Å². The first-order chi connectivity index (χ1) is 10.1. The summed E-state index contributed by atoms with van der Waals surface area (Å²) in [6.45, 7) is 3.17. The lowest BCUT2D eigenvalue weighted by molar-refractivity contribution is -0.129. The first-order valence-corrected chi connectivity index (χ1v) is 7.16. The van der Waals surface area contributed by atoms with Crippen LogP contribution < -0.4 is 5.73 Å². The van der Waals surface area contributed by atoms with Crippen molar-refractivity contribution in [2.45, 2.75) is 26.4 Å². The van der Waals surface area contributed by atoms with Crippen LogP contribution in [0.15, 0.2) is 48.5 Å². The van der Waals surface area contributed by atoms with Crippen molar-refractivity contribution in [3.8, 4) is 0 Å². The van der Waals surface area contributed by atoms with E-state index in [-0.39, 0.29) is 5.91 Å². The maximum absolute atomic E-state index is 12.3. The first-order valence-electron chi connectivity index (χ1n) is 7.16. The van der Waals surface area contributed by atoms with Gasteiger partial charge in [0.25, 0.3) is 0 Å². The van der Waals surface area contributed by atoms with Gasteiger partial charge in [-0.1, -0.05) is 54.1 Å². The van der Waals surface area contributed by atoms with E-state index >= 15 is 0 Å². The topological polar surface area (TPSA) is 46.3 Å². The molecule has 0 spiro atoms. The molecule has 0 bridgehead atoms. The summed E-state index contributed by atoms with van der Waals surface area (Å²) in [5, 5.41) is 0. The van der Waals surface area contributed by atoms with Gasteiger partial charge in [-0.15, -0.1) is 0 Å². The minimum Gasteiger partial charge on any atom is -0.341 e. The number of likely N-dealkylation sites (N-methyl/N-ethyl adjacent to an activating group) is 1. The summed E-state index contributed by atoms with van der Waals surface area (Å²) in [6, 6.07) is 16.1. The van der Waals surface area contributed by atoms with Crippen LogP contribution in [-0.4, -0.2) is 17.9 Å². The number of hydrogen-bond donors (Lipinski definition) is 1. The Morgan fingerprint density at radius 2 is 1.71 bits per heavy atom. The van der Waals surface area contributed by atoms with E-state index in [2.05, 4.69) is 12.1 Å². The minimum absolute atomic E-state index is 0.124.